The van der Waals surface area contributed by atoms with Crippen molar-refractivity contribution in [2.24, 2.45) is 0 Å². The van der Waals surface area contributed by atoms with Gasteiger partial charge in [-0.05, 0) is 26.7 Å². The summed E-state index contributed by atoms with van der Waals surface area (Å²) < 4.78 is 5.46. The number of carboxylic acids is 1. The number of hydrogen-bond acceptors (Lipinski definition) is 5. The summed E-state index contributed by atoms with van der Waals surface area (Å²) in [5.74, 6) is -0.966. The van der Waals surface area contributed by atoms with Crippen molar-refractivity contribution in [1.82, 2.24) is 4.98 Å². The second kappa shape index (κ2) is 5.01. The highest BCUT2D eigenvalue weighted by atomic mass is 32.1. The fraction of sp³-hybridized carbons (Fsp3) is 0.636. The Kier molecular flexibility index (Phi) is 3.63. The molecule has 1 fully saturated rings. The smallest absolute Gasteiger partial charge is 0.355 e. The molecule has 1 aliphatic rings. The van der Waals surface area contributed by atoms with Gasteiger partial charge in [0, 0.05) is 17.5 Å². The van der Waals surface area contributed by atoms with Crippen molar-refractivity contribution in [1.29, 1.82) is 0 Å². The van der Waals surface area contributed by atoms with Gasteiger partial charge in [0.2, 0.25) is 0 Å². The molecule has 2 atom stereocenters. The summed E-state index contributed by atoms with van der Waals surface area (Å²) >= 11 is 1.39. The third kappa shape index (κ3) is 2.95. The van der Waals surface area contributed by atoms with Gasteiger partial charge >= 0.3 is 5.97 Å². The van der Waals surface area contributed by atoms with Gasteiger partial charge in [-0.15, -0.1) is 11.3 Å². The van der Waals surface area contributed by atoms with Gasteiger partial charge in [0.05, 0.1) is 6.10 Å². The van der Waals surface area contributed by atoms with Gasteiger partial charge in [0.15, 0.2) is 10.8 Å². The number of anilines is 1. The molecule has 0 aliphatic carbocycles. The summed E-state index contributed by atoms with van der Waals surface area (Å²) in [4.78, 5) is 15.7. The van der Waals surface area contributed by atoms with Crippen molar-refractivity contribution in [2.45, 2.75) is 38.8 Å². The quantitative estimate of drug-likeness (QED) is 0.866. The maximum Gasteiger partial charge on any atom is 0.355 e. The van der Waals surface area contributed by atoms with Crippen LogP contribution in [0.15, 0.2) is 0 Å². The summed E-state index contributed by atoms with van der Waals surface area (Å²) in [6.45, 7) is 4.57. The predicted molar refractivity (Wildman–Crippen MR) is 65.9 cm³/mol. The second-order valence-corrected chi connectivity index (χ2v) is 5.48. The average molecular weight is 256 g/mol. The first kappa shape index (κ1) is 12.3. The summed E-state index contributed by atoms with van der Waals surface area (Å²) in [6, 6.07) is 0.325. The molecule has 0 radical (unpaired) electrons. The van der Waals surface area contributed by atoms with Gasteiger partial charge in [-0.1, -0.05) is 0 Å². The molecule has 94 valence electrons. The largest absolute Gasteiger partial charge is 0.476 e. The number of rotatable bonds is 3. The van der Waals surface area contributed by atoms with Crippen LogP contribution in [-0.2, 0) is 4.74 Å². The van der Waals surface area contributed by atoms with E-state index in [1.54, 1.807) is 6.92 Å². The second-order valence-electron chi connectivity index (χ2n) is 4.28. The fourth-order valence-corrected chi connectivity index (χ4v) is 2.84. The molecular formula is C11H16N2O3S. The summed E-state index contributed by atoms with van der Waals surface area (Å²) in [5, 5.41) is 12.9. The van der Waals surface area contributed by atoms with Crippen molar-refractivity contribution in [3.63, 3.8) is 0 Å². The number of carbonyl (C=O) groups is 1. The highest BCUT2D eigenvalue weighted by molar-refractivity contribution is 7.15. The van der Waals surface area contributed by atoms with E-state index in [0.29, 0.717) is 11.2 Å². The molecule has 2 heterocycles. The first-order valence-electron chi connectivity index (χ1n) is 5.65. The molecule has 0 aromatic carbocycles. The highest BCUT2D eigenvalue weighted by Gasteiger charge is 2.21. The van der Waals surface area contributed by atoms with Gasteiger partial charge in [-0.3, -0.25) is 0 Å². The lowest BCUT2D eigenvalue weighted by molar-refractivity contribution is 0.0232. The molecule has 0 bridgehead atoms. The summed E-state index contributed by atoms with van der Waals surface area (Å²) in [5.41, 5.74) is 0.151. The lowest BCUT2D eigenvalue weighted by Crippen LogP contribution is -2.32. The third-order valence-electron chi connectivity index (χ3n) is 2.81. The number of aryl methyl sites for hydroxylation is 1. The monoisotopic (exact) mass is 256 g/mol. The zero-order valence-electron chi connectivity index (χ0n) is 9.90. The number of ether oxygens (including phenoxy) is 1. The number of hydrogen-bond donors (Lipinski definition) is 2. The maximum atomic E-state index is 10.9. The van der Waals surface area contributed by atoms with E-state index in [1.165, 1.54) is 11.3 Å². The Morgan fingerprint density at radius 1 is 1.65 bits per heavy atom. The van der Waals surface area contributed by atoms with Crippen molar-refractivity contribution in [3.05, 3.63) is 10.6 Å². The van der Waals surface area contributed by atoms with Crippen LogP contribution in [0.4, 0.5) is 5.13 Å². The molecule has 1 aromatic rings. The molecule has 1 saturated heterocycles. The van der Waals surface area contributed by atoms with E-state index in [1.807, 2.05) is 6.92 Å². The Bertz CT molecular complexity index is 419. The zero-order valence-corrected chi connectivity index (χ0v) is 10.7. The van der Waals surface area contributed by atoms with Gasteiger partial charge in [-0.2, -0.15) is 0 Å². The molecular weight excluding hydrogens is 240 g/mol. The average Bonchev–Trinajstić information content (AvgIpc) is 2.59. The van der Waals surface area contributed by atoms with Crippen molar-refractivity contribution < 1.29 is 14.6 Å². The predicted octanol–water partition coefficient (Wildman–Crippen LogP) is 2.13. The van der Waals surface area contributed by atoms with Crippen molar-refractivity contribution in [3.8, 4) is 0 Å². The topological polar surface area (TPSA) is 71.5 Å². The van der Waals surface area contributed by atoms with Gasteiger partial charge in [0.25, 0.3) is 0 Å². The van der Waals surface area contributed by atoms with Crippen LogP contribution in [0, 0.1) is 6.92 Å². The van der Waals surface area contributed by atoms with Crippen LogP contribution < -0.4 is 5.32 Å². The Morgan fingerprint density at radius 2 is 2.41 bits per heavy atom. The van der Waals surface area contributed by atoms with Gasteiger partial charge in [-0.25, -0.2) is 9.78 Å². The van der Waals surface area contributed by atoms with E-state index in [0.717, 1.165) is 24.3 Å². The molecule has 17 heavy (non-hydrogen) atoms. The van der Waals surface area contributed by atoms with Gasteiger partial charge in [0.1, 0.15) is 0 Å². The van der Waals surface area contributed by atoms with E-state index in [-0.39, 0.29) is 11.8 Å². The lowest BCUT2D eigenvalue weighted by atomic mass is 10.1. The third-order valence-corrected chi connectivity index (χ3v) is 3.71. The van der Waals surface area contributed by atoms with Crippen molar-refractivity contribution in [2.75, 3.05) is 11.9 Å². The Balaban J connectivity index is 2.03. The van der Waals surface area contributed by atoms with Crippen LogP contribution in [0.5, 0.6) is 0 Å². The zero-order chi connectivity index (χ0) is 12.4. The van der Waals surface area contributed by atoms with Crippen LogP contribution in [0.3, 0.4) is 0 Å². The Hall–Kier alpha value is -1.14. The molecule has 0 spiro atoms. The van der Waals surface area contributed by atoms with E-state index >= 15 is 0 Å². The van der Waals surface area contributed by atoms with Crippen LogP contribution in [0.1, 0.15) is 35.1 Å². The standard InChI is InChI=1S/C11H16N2O3S/c1-6-5-8(3-4-16-6)12-11-13-9(10(14)15)7(2)17-11/h6,8H,3-5H2,1-2H3,(H,12,13)(H,14,15). The normalized spacial score (nSPS) is 24.6. The van der Waals surface area contributed by atoms with E-state index in [2.05, 4.69) is 10.3 Å². The fourth-order valence-electron chi connectivity index (χ4n) is 1.96. The number of nitrogens with one attached hydrogen (secondary N) is 1. The lowest BCUT2D eigenvalue weighted by Gasteiger charge is -2.27. The van der Waals surface area contributed by atoms with E-state index < -0.39 is 5.97 Å². The molecule has 2 rings (SSSR count). The van der Waals surface area contributed by atoms with Crippen LogP contribution in [0.25, 0.3) is 0 Å². The molecule has 0 saturated carbocycles. The van der Waals surface area contributed by atoms with Gasteiger partial charge < -0.3 is 15.2 Å². The number of aromatic carboxylic acids is 1. The Morgan fingerprint density at radius 3 is 3.00 bits per heavy atom. The van der Waals surface area contributed by atoms with E-state index in [9.17, 15) is 4.79 Å². The van der Waals surface area contributed by atoms with E-state index in [4.69, 9.17) is 9.84 Å². The van der Waals surface area contributed by atoms with Crippen LogP contribution in [-0.4, -0.2) is 34.8 Å². The number of carboxylic acid groups (broad SMARTS) is 1. The van der Waals surface area contributed by atoms with Crippen LogP contribution in [0.2, 0.25) is 0 Å². The highest BCUT2D eigenvalue weighted by Crippen LogP contribution is 2.25. The number of nitrogens with zero attached hydrogens (tertiary/aromatic N) is 1. The number of thiazole rings is 1. The summed E-state index contributed by atoms with van der Waals surface area (Å²) in [7, 11) is 0. The molecule has 1 aliphatic heterocycles. The minimum Gasteiger partial charge on any atom is -0.476 e. The minimum absolute atomic E-state index is 0.151. The molecule has 0 amide bonds. The molecule has 1 aromatic heterocycles. The Labute approximate surface area is 104 Å². The van der Waals surface area contributed by atoms with Crippen molar-refractivity contribution >= 4 is 22.4 Å². The first-order valence-corrected chi connectivity index (χ1v) is 6.46. The molecule has 2 unspecified atom stereocenters. The molecule has 2 N–H and O–H groups in total. The minimum atomic E-state index is -0.966. The SMILES string of the molecule is Cc1sc(NC2CCOC(C)C2)nc1C(=O)O. The molecule has 5 nitrogen and oxygen atoms in total. The first-order chi connectivity index (χ1) is 8.06. The van der Waals surface area contributed by atoms with Crippen LogP contribution >= 0.6 is 11.3 Å². The summed E-state index contributed by atoms with van der Waals surface area (Å²) in [6.07, 6.45) is 2.12. The maximum absolute atomic E-state index is 10.9. The molecule has 6 heteroatoms. The number of aromatic nitrogens is 1.